The third kappa shape index (κ3) is 3.77. The molecule has 0 spiro atoms. The van der Waals surface area contributed by atoms with Gasteiger partial charge in [-0.2, -0.15) is 0 Å². The average molecular weight is 315 g/mol. The quantitative estimate of drug-likeness (QED) is 0.694. The molecule has 1 aliphatic carbocycles. The molecule has 116 valence electrons. The van der Waals surface area contributed by atoms with Gasteiger partial charge < -0.3 is 5.32 Å². The third-order valence-electron chi connectivity index (χ3n) is 4.23. The lowest BCUT2D eigenvalue weighted by Crippen LogP contribution is -2.38. The van der Waals surface area contributed by atoms with Crippen LogP contribution in [0.5, 0.6) is 0 Å². The Morgan fingerprint density at radius 1 is 1.23 bits per heavy atom. The Bertz CT molecular complexity index is 648. The number of nitrogens with one attached hydrogen (secondary N) is 1. The molecule has 2 aromatic rings. The summed E-state index contributed by atoms with van der Waals surface area (Å²) >= 11 is 1.48. The van der Waals surface area contributed by atoms with Gasteiger partial charge in [0, 0.05) is 11.4 Å². The fourth-order valence-electron chi connectivity index (χ4n) is 2.90. The molecule has 3 rings (SSSR count). The van der Waals surface area contributed by atoms with Crippen LogP contribution in [-0.2, 0) is 4.79 Å². The average Bonchev–Trinajstić information content (AvgIpc) is 2.55. The van der Waals surface area contributed by atoms with Crippen LogP contribution in [0.2, 0.25) is 0 Å². The Morgan fingerprint density at radius 2 is 2.00 bits per heavy atom. The molecular formula is C17H21N3OS. The third-order valence-corrected chi connectivity index (χ3v) is 5.23. The highest BCUT2D eigenvalue weighted by atomic mass is 32.2. The molecule has 1 amide bonds. The molecule has 22 heavy (non-hydrogen) atoms. The van der Waals surface area contributed by atoms with E-state index in [0.29, 0.717) is 11.8 Å². The van der Waals surface area contributed by atoms with Crippen LogP contribution in [-0.4, -0.2) is 27.7 Å². The number of amides is 1. The number of fused-ring (bicyclic) bond motifs is 1. The molecule has 0 atom stereocenters. The number of aromatic nitrogens is 2. The van der Waals surface area contributed by atoms with Crippen LogP contribution >= 0.6 is 11.8 Å². The normalized spacial score (nSPS) is 21.7. The van der Waals surface area contributed by atoms with Crippen LogP contribution in [0.3, 0.4) is 0 Å². The van der Waals surface area contributed by atoms with Crippen LogP contribution in [0.1, 0.15) is 32.6 Å². The van der Waals surface area contributed by atoms with Crippen molar-refractivity contribution in [3.05, 3.63) is 30.6 Å². The summed E-state index contributed by atoms with van der Waals surface area (Å²) < 4.78 is 0. The second-order valence-electron chi connectivity index (χ2n) is 6.01. The summed E-state index contributed by atoms with van der Waals surface area (Å²) in [6.45, 7) is 2.29. The molecule has 1 saturated carbocycles. The Balaban J connectivity index is 1.56. The van der Waals surface area contributed by atoms with E-state index < -0.39 is 0 Å². The number of thioether (sulfide) groups is 1. The Kier molecular flexibility index (Phi) is 4.93. The summed E-state index contributed by atoms with van der Waals surface area (Å²) in [7, 11) is 0. The second kappa shape index (κ2) is 7.09. The van der Waals surface area contributed by atoms with Gasteiger partial charge >= 0.3 is 0 Å². The maximum atomic E-state index is 12.1. The van der Waals surface area contributed by atoms with Gasteiger partial charge in [-0.05, 0) is 37.7 Å². The van der Waals surface area contributed by atoms with E-state index in [4.69, 9.17) is 0 Å². The van der Waals surface area contributed by atoms with E-state index in [2.05, 4.69) is 22.2 Å². The van der Waals surface area contributed by atoms with E-state index in [-0.39, 0.29) is 5.91 Å². The van der Waals surface area contributed by atoms with Crippen LogP contribution in [0.25, 0.3) is 10.9 Å². The molecule has 1 aromatic heterocycles. The molecule has 1 heterocycles. The van der Waals surface area contributed by atoms with Crippen molar-refractivity contribution in [1.82, 2.24) is 15.3 Å². The fourth-order valence-corrected chi connectivity index (χ4v) is 3.70. The SMILES string of the molecule is CC1CCC(NC(=O)CSc2ncnc3ccccc23)CC1. The molecule has 5 heteroatoms. The van der Waals surface area contributed by atoms with Crippen molar-refractivity contribution in [1.29, 1.82) is 0 Å². The van der Waals surface area contributed by atoms with Gasteiger partial charge in [0.25, 0.3) is 0 Å². The van der Waals surface area contributed by atoms with Gasteiger partial charge in [-0.1, -0.05) is 36.9 Å². The number of benzene rings is 1. The number of carbonyl (C=O) groups is 1. The van der Waals surface area contributed by atoms with Gasteiger partial charge in [0.15, 0.2) is 0 Å². The number of hydrogen-bond acceptors (Lipinski definition) is 4. The van der Waals surface area contributed by atoms with E-state index in [1.165, 1.54) is 24.6 Å². The van der Waals surface area contributed by atoms with Gasteiger partial charge in [0.2, 0.25) is 5.91 Å². The van der Waals surface area contributed by atoms with E-state index in [1.807, 2.05) is 24.3 Å². The molecule has 1 fully saturated rings. The van der Waals surface area contributed by atoms with Crippen molar-refractivity contribution in [2.24, 2.45) is 5.92 Å². The molecule has 0 unspecified atom stereocenters. The van der Waals surface area contributed by atoms with Crippen LogP contribution in [0, 0.1) is 5.92 Å². The molecule has 1 aliphatic rings. The Morgan fingerprint density at radius 3 is 2.82 bits per heavy atom. The molecule has 0 aliphatic heterocycles. The number of hydrogen-bond donors (Lipinski definition) is 1. The molecule has 0 bridgehead atoms. The van der Waals surface area contributed by atoms with Crippen LogP contribution in [0.4, 0.5) is 0 Å². The number of para-hydroxylation sites is 1. The minimum absolute atomic E-state index is 0.104. The summed E-state index contributed by atoms with van der Waals surface area (Å²) in [6, 6.07) is 8.24. The highest BCUT2D eigenvalue weighted by molar-refractivity contribution is 8.00. The monoisotopic (exact) mass is 315 g/mol. The summed E-state index contributed by atoms with van der Waals surface area (Å²) in [5.41, 5.74) is 0.918. The lowest BCUT2D eigenvalue weighted by molar-refractivity contribution is -0.119. The first-order valence-electron chi connectivity index (χ1n) is 7.84. The van der Waals surface area contributed by atoms with E-state index in [9.17, 15) is 4.79 Å². The first-order chi connectivity index (χ1) is 10.7. The van der Waals surface area contributed by atoms with Gasteiger partial charge in [0.1, 0.15) is 11.4 Å². The van der Waals surface area contributed by atoms with Gasteiger partial charge in [-0.25, -0.2) is 9.97 Å². The largest absolute Gasteiger partial charge is 0.353 e. The maximum Gasteiger partial charge on any atom is 0.230 e. The minimum Gasteiger partial charge on any atom is -0.353 e. The predicted molar refractivity (Wildman–Crippen MR) is 89.8 cm³/mol. The molecular weight excluding hydrogens is 294 g/mol. The van der Waals surface area contributed by atoms with Crippen molar-refractivity contribution < 1.29 is 4.79 Å². The molecule has 0 saturated heterocycles. The molecule has 1 N–H and O–H groups in total. The lowest BCUT2D eigenvalue weighted by atomic mass is 9.87. The molecule has 4 nitrogen and oxygen atoms in total. The highest BCUT2D eigenvalue weighted by Crippen LogP contribution is 2.25. The van der Waals surface area contributed by atoms with Crippen LogP contribution < -0.4 is 5.32 Å². The zero-order valence-electron chi connectivity index (χ0n) is 12.8. The van der Waals surface area contributed by atoms with E-state index in [0.717, 1.165) is 34.7 Å². The van der Waals surface area contributed by atoms with Crippen molar-refractivity contribution >= 4 is 28.6 Å². The lowest BCUT2D eigenvalue weighted by Gasteiger charge is -2.26. The summed E-state index contributed by atoms with van der Waals surface area (Å²) in [4.78, 5) is 20.7. The first-order valence-corrected chi connectivity index (χ1v) is 8.83. The standard InChI is InChI=1S/C17H21N3OS/c1-12-6-8-13(9-7-12)20-16(21)10-22-17-14-4-2-3-5-15(14)18-11-19-17/h2-5,11-13H,6-10H2,1H3,(H,20,21). The van der Waals surface area contributed by atoms with Gasteiger partial charge in [0.05, 0.1) is 11.3 Å². The Labute approximate surface area is 135 Å². The van der Waals surface area contributed by atoms with E-state index >= 15 is 0 Å². The number of rotatable bonds is 4. The second-order valence-corrected chi connectivity index (χ2v) is 6.97. The number of carbonyl (C=O) groups excluding carboxylic acids is 1. The van der Waals surface area contributed by atoms with Crippen molar-refractivity contribution in [3.63, 3.8) is 0 Å². The zero-order valence-corrected chi connectivity index (χ0v) is 13.6. The van der Waals surface area contributed by atoms with Gasteiger partial charge in [-0.15, -0.1) is 0 Å². The topological polar surface area (TPSA) is 54.9 Å². The summed E-state index contributed by atoms with van der Waals surface area (Å²) in [6.07, 6.45) is 6.20. The van der Waals surface area contributed by atoms with Crippen molar-refractivity contribution in [3.8, 4) is 0 Å². The predicted octanol–water partition coefficient (Wildman–Crippen LogP) is 3.42. The maximum absolute atomic E-state index is 12.1. The van der Waals surface area contributed by atoms with E-state index in [1.54, 1.807) is 6.33 Å². The zero-order chi connectivity index (χ0) is 15.4. The summed E-state index contributed by atoms with van der Waals surface area (Å²) in [5, 5.41) is 5.04. The Hall–Kier alpha value is -1.62. The smallest absolute Gasteiger partial charge is 0.230 e. The van der Waals surface area contributed by atoms with Crippen molar-refractivity contribution in [2.75, 3.05) is 5.75 Å². The van der Waals surface area contributed by atoms with Crippen molar-refractivity contribution in [2.45, 2.75) is 43.7 Å². The fraction of sp³-hybridized carbons (Fsp3) is 0.471. The van der Waals surface area contributed by atoms with Crippen LogP contribution in [0.15, 0.2) is 35.6 Å². The number of nitrogens with zero attached hydrogens (tertiary/aromatic N) is 2. The molecule has 1 aromatic carbocycles. The first kappa shape index (κ1) is 15.3. The minimum atomic E-state index is 0.104. The highest BCUT2D eigenvalue weighted by Gasteiger charge is 2.19. The summed E-state index contributed by atoms with van der Waals surface area (Å²) in [5.74, 6) is 1.31. The van der Waals surface area contributed by atoms with Gasteiger partial charge in [-0.3, -0.25) is 4.79 Å². The molecule has 0 radical (unpaired) electrons.